The van der Waals surface area contributed by atoms with Crippen LogP contribution in [0.1, 0.15) is 11.4 Å². The number of aliphatic hydroxyl groups excluding tert-OH is 1. The highest BCUT2D eigenvalue weighted by atomic mass is 32.1. The zero-order chi connectivity index (χ0) is 19.3. The summed E-state index contributed by atoms with van der Waals surface area (Å²) in [5.74, 6) is 0.449. The highest BCUT2D eigenvalue weighted by Gasteiger charge is 2.13. The van der Waals surface area contributed by atoms with Crippen molar-refractivity contribution in [1.82, 2.24) is 19.9 Å². The third-order valence-corrected chi connectivity index (χ3v) is 4.81. The van der Waals surface area contributed by atoms with E-state index in [-0.39, 0.29) is 12.2 Å². The maximum atomic E-state index is 12.5. The van der Waals surface area contributed by atoms with E-state index in [4.69, 9.17) is 5.11 Å². The number of anilines is 1. The topological polar surface area (TPSA) is 104 Å². The summed E-state index contributed by atoms with van der Waals surface area (Å²) in [6.07, 6.45) is 5.23. The lowest BCUT2D eigenvalue weighted by Crippen LogP contribution is -2.10. The highest BCUT2D eigenvalue weighted by Crippen LogP contribution is 2.27. The molecule has 0 amide bonds. The van der Waals surface area contributed by atoms with Gasteiger partial charge in [0.25, 0.3) is 5.56 Å². The van der Waals surface area contributed by atoms with E-state index in [1.165, 1.54) is 11.3 Å². The fraction of sp³-hybridized carbons (Fsp3) is 0.100. The Morgan fingerprint density at radius 2 is 2.00 bits per heavy atom. The molecule has 0 saturated heterocycles. The summed E-state index contributed by atoms with van der Waals surface area (Å²) in [5.41, 5.74) is 2.46. The molecule has 3 N–H and O–H groups in total. The first-order chi connectivity index (χ1) is 13.7. The number of H-pyrrole nitrogens is 1. The first-order valence-corrected chi connectivity index (χ1v) is 9.55. The number of aliphatic hydroxyl groups is 1. The highest BCUT2D eigenvalue weighted by molar-refractivity contribution is 7.14. The zero-order valence-electron chi connectivity index (χ0n) is 14.8. The number of fused-ring (bicyclic) bond motifs is 1. The molecule has 7 nitrogen and oxygen atoms in total. The number of nitrogens with one attached hydrogen (secondary N) is 2. The molecule has 0 atom stereocenters. The summed E-state index contributed by atoms with van der Waals surface area (Å²) >= 11 is 1.41. The molecule has 8 heteroatoms. The van der Waals surface area contributed by atoms with Gasteiger partial charge >= 0.3 is 0 Å². The molecule has 0 aliphatic carbocycles. The lowest BCUT2D eigenvalue weighted by molar-refractivity contribution is 0.311. The molecular weight excluding hydrogens is 374 g/mol. The predicted molar refractivity (Wildman–Crippen MR) is 112 cm³/mol. The van der Waals surface area contributed by atoms with Crippen LogP contribution in [0.15, 0.2) is 52.8 Å². The number of hydrogen-bond acceptors (Lipinski definition) is 7. The van der Waals surface area contributed by atoms with Crippen molar-refractivity contribution >= 4 is 39.5 Å². The quantitative estimate of drug-likeness (QED) is 0.467. The third-order valence-electron chi connectivity index (χ3n) is 4.01. The number of aromatic amines is 1. The van der Waals surface area contributed by atoms with E-state index in [9.17, 15) is 4.79 Å². The van der Waals surface area contributed by atoms with Crippen LogP contribution in [0.25, 0.3) is 34.4 Å². The van der Waals surface area contributed by atoms with Crippen LogP contribution in [0, 0.1) is 0 Å². The van der Waals surface area contributed by atoms with E-state index in [1.54, 1.807) is 18.3 Å². The lowest BCUT2D eigenvalue weighted by atomic mass is 10.2. The van der Waals surface area contributed by atoms with Gasteiger partial charge in [-0.25, -0.2) is 9.97 Å². The summed E-state index contributed by atoms with van der Waals surface area (Å²) in [6.45, 7) is 0.442. The van der Waals surface area contributed by atoms with Gasteiger partial charge in [-0.15, -0.1) is 11.3 Å². The Morgan fingerprint density at radius 3 is 2.82 bits per heavy atom. The van der Waals surface area contributed by atoms with Crippen LogP contribution in [-0.4, -0.2) is 38.2 Å². The molecular formula is C20H17N5O2S. The van der Waals surface area contributed by atoms with E-state index < -0.39 is 0 Å². The monoisotopic (exact) mass is 391 g/mol. The number of thiazole rings is 1. The minimum atomic E-state index is -0.227. The Labute approximate surface area is 164 Å². The largest absolute Gasteiger partial charge is 0.395 e. The number of hydrogen-bond donors (Lipinski definition) is 3. The molecule has 0 radical (unpaired) electrons. The minimum absolute atomic E-state index is 0.0233. The summed E-state index contributed by atoms with van der Waals surface area (Å²) in [7, 11) is 0. The normalized spacial score (nSPS) is 11.3. The Kier molecular flexibility index (Phi) is 5.22. The average Bonchev–Trinajstić information content (AvgIpc) is 3.20. The van der Waals surface area contributed by atoms with E-state index in [0.29, 0.717) is 39.8 Å². The van der Waals surface area contributed by atoms with Gasteiger partial charge in [0.15, 0.2) is 5.13 Å². The summed E-state index contributed by atoms with van der Waals surface area (Å²) < 4.78 is 0. The Balaban J connectivity index is 1.76. The molecule has 0 saturated carbocycles. The first kappa shape index (κ1) is 18.0. The van der Waals surface area contributed by atoms with Crippen molar-refractivity contribution in [2.24, 2.45) is 0 Å². The van der Waals surface area contributed by atoms with Gasteiger partial charge in [-0.1, -0.05) is 36.4 Å². The molecule has 0 aliphatic heterocycles. The van der Waals surface area contributed by atoms with Gasteiger partial charge in [-0.3, -0.25) is 9.78 Å². The van der Waals surface area contributed by atoms with Crippen molar-refractivity contribution in [1.29, 1.82) is 0 Å². The fourth-order valence-electron chi connectivity index (χ4n) is 2.71. The molecule has 140 valence electrons. The van der Waals surface area contributed by atoms with Crippen LogP contribution in [-0.2, 0) is 0 Å². The Morgan fingerprint density at radius 1 is 1.14 bits per heavy atom. The standard InChI is InChI=1S/C20H17N5O2S/c26-11-10-22-20-23-15(12-28-20)18-17-14(8-9-21-18)19(27)25-16(24-17)7-6-13-4-2-1-3-5-13/h1-9,12,26H,10-11H2,(H,22,23)(H,24,25,27)/b7-6+. The van der Waals surface area contributed by atoms with Gasteiger partial charge in [0.05, 0.1) is 12.0 Å². The van der Waals surface area contributed by atoms with Gasteiger partial charge in [-0.2, -0.15) is 0 Å². The molecule has 4 aromatic rings. The van der Waals surface area contributed by atoms with Crippen molar-refractivity contribution in [2.45, 2.75) is 0 Å². The number of benzene rings is 1. The van der Waals surface area contributed by atoms with Crippen molar-refractivity contribution in [3.63, 3.8) is 0 Å². The van der Waals surface area contributed by atoms with Crippen molar-refractivity contribution in [3.05, 3.63) is 69.7 Å². The Hall–Kier alpha value is -3.36. The van der Waals surface area contributed by atoms with Crippen LogP contribution < -0.4 is 10.9 Å². The number of aromatic nitrogens is 4. The Bertz CT molecular complexity index is 1180. The first-order valence-electron chi connectivity index (χ1n) is 8.67. The maximum absolute atomic E-state index is 12.5. The number of nitrogens with zero attached hydrogens (tertiary/aromatic N) is 3. The molecule has 0 unspecified atom stereocenters. The lowest BCUT2D eigenvalue weighted by Gasteiger charge is -2.03. The fourth-order valence-corrected chi connectivity index (χ4v) is 3.44. The number of pyridine rings is 1. The molecule has 4 rings (SSSR count). The molecule has 28 heavy (non-hydrogen) atoms. The van der Waals surface area contributed by atoms with Gasteiger partial charge in [0, 0.05) is 18.1 Å². The van der Waals surface area contributed by atoms with Crippen LogP contribution in [0.4, 0.5) is 5.13 Å². The molecule has 1 aromatic carbocycles. The van der Waals surface area contributed by atoms with Crippen LogP contribution in [0.3, 0.4) is 0 Å². The van der Waals surface area contributed by atoms with E-state index >= 15 is 0 Å². The SMILES string of the molecule is O=c1[nH]c(/C=C/c2ccccc2)nc2c(-c3csc(NCCO)n3)nccc12. The van der Waals surface area contributed by atoms with Gasteiger partial charge in [0.2, 0.25) is 0 Å². The summed E-state index contributed by atoms with van der Waals surface area (Å²) in [5, 5.41) is 14.9. The average molecular weight is 391 g/mol. The molecule has 0 fully saturated rings. The van der Waals surface area contributed by atoms with E-state index in [0.717, 1.165) is 5.56 Å². The minimum Gasteiger partial charge on any atom is -0.395 e. The second-order valence-electron chi connectivity index (χ2n) is 5.94. The summed E-state index contributed by atoms with van der Waals surface area (Å²) in [4.78, 5) is 28.8. The van der Waals surface area contributed by atoms with Crippen LogP contribution in [0.2, 0.25) is 0 Å². The van der Waals surface area contributed by atoms with E-state index in [2.05, 4.69) is 25.3 Å². The molecule has 3 aromatic heterocycles. The third kappa shape index (κ3) is 3.83. The number of rotatable bonds is 6. The molecule has 0 aliphatic rings. The second-order valence-corrected chi connectivity index (χ2v) is 6.80. The van der Waals surface area contributed by atoms with Gasteiger partial charge < -0.3 is 15.4 Å². The summed E-state index contributed by atoms with van der Waals surface area (Å²) in [6, 6.07) is 11.4. The van der Waals surface area contributed by atoms with Crippen molar-refractivity contribution < 1.29 is 5.11 Å². The second kappa shape index (κ2) is 8.12. The van der Waals surface area contributed by atoms with Crippen LogP contribution >= 0.6 is 11.3 Å². The van der Waals surface area contributed by atoms with E-state index in [1.807, 2.05) is 41.8 Å². The zero-order valence-corrected chi connectivity index (χ0v) is 15.6. The molecule has 3 heterocycles. The maximum Gasteiger partial charge on any atom is 0.259 e. The predicted octanol–water partition coefficient (Wildman–Crippen LogP) is 3.02. The van der Waals surface area contributed by atoms with Crippen LogP contribution in [0.5, 0.6) is 0 Å². The van der Waals surface area contributed by atoms with Gasteiger partial charge in [0.1, 0.15) is 22.7 Å². The van der Waals surface area contributed by atoms with Gasteiger partial charge in [-0.05, 0) is 17.7 Å². The van der Waals surface area contributed by atoms with Crippen molar-refractivity contribution in [2.75, 3.05) is 18.5 Å². The molecule has 0 bridgehead atoms. The van der Waals surface area contributed by atoms with Crippen molar-refractivity contribution in [3.8, 4) is 11.4 Å². The smallest absolute Gasteiger partial charge is 0.259 e. The molecule has 0 spiro atoms.